The summed E-state index contributed by atoms with van der Waals surface area (Å²) in [5, 5.41) is 12.6. The molecule has 1 rings (SSSR count). The maximum Gasteiger partial charge on any atom is 0.168 e. The smallest absolute Gasteiger partial charge is 0.168 e. The van der Waals surface area contributed by atoms with Crippen molar-refractivity contribution in [3.8, 4) is 0 Å². The largest absolute Gasteiger partial charge is 0.872 e. The number of hydrogen-bond acceptors (Lipinski definition) is 3. The summed E-state index contributed by atoms with van der Waals surface area (Å²) < 4.78 is 21.7. The SMILES string of the molecule is CS(=O)(=O)/C=C(\[O-])c1ccc(Cl)cc1Cl. The first kappa shape index (κ1) is 12.4. The molecule has 0 heterocycles. The van der Waals surface area contributed by atoms with E-state index < -0.39 is 15.6 Å². The van der Waals surface area contributed by atoms with E-state index in [-0.39, 0.29) is 10.6 Å². The summed E-state index contributed by atoms with van der Waals surface area (Å²) in [6, 6.07) is 4.23. The Labute approximate surface area is 97.9 Å². The second-order valence-electron chi connectivity index (χ2n) is 2.94. The molecule has 82 valence electrons. The number of hydrogen-bond donors (Lipinski definition) is 0. The van der Waals surface area contributed by atoms with Crippen LogP contribution in [0.15, 0.2) is 23.6 Å². The van der Waals surface area contributed by atoms with Gasteiger partial charge in [0.2, 0.25) is 0 Å². The van der Waals surface area contributed by atoms with Gasteiger partial charge < -0.3 is 5.11 Å². The van der Waals surface area contributed by atoms with E-state index >= 15 is 0 Å². The molecule has 1 aromatic rings. The van der Waals surface area contributed by atoms with Gasteiger partial charge in [-0.3, -0.25) is 0 Å². The van der Waals surface area contributed by atoms with Crippen LogP contribution >= 0.6 is 23.2 Å². The van der Waals surface area contributed by atoms with E-state index in [4.69, 9.17) is 23.2 Å². The number of rotatable bonds is 2. The normalized spacial score (nSPS) is 12.9. The Bertz CT molecular complexity index is 506. The highest BCUT2D eigenvalue weighted by molar-refractivity contribution is 7.93. The zero-order valence-corrected chi connectivity index (χ0v) is 10.0. The summed E-state index contributed by atoms with van der Waals surface area (Å²) in [6.07, 6.45) is 0.939. The molecule has 1 aromatic carbocycles. The van der Waals surface area contributed by atoms with Crippen LogP contribution in [0.4, 0.5) is 0 Å². The molecule has 0 bridgehead atoms. The van der Waals surface area contributed by atoms with Gasteiger partial charge in [-0.25, -0.2) is 8.42 Å². The lowest BCUT2D eigenvalue weighted by Gasteiger charge is -2.13. The lowest BCUT2D eigenvalue weighted by Crippen LogP contribution is -2.05. The molecule has 15 heavy (non-hydrogen) atoms. The summed E-state index contributed by atoms with van der Waals surface area (Å²) in [5.41, 5.74) is 0.117. The second kappa shape index (κ2) is 4.43. The molecule has 0 aliphatic carbocycles. The van der Waals surface area contributed by atoms with Gasteiger partial charge in [-0.05, 0) is 17.7 Å². The molecule has 3 nitrogen and oxygen atoms in total. The van der Waals surface area contributed by atoms with Crippen molar-refractivity contribution in [1.82, 2.24) is 0 Å². The molecule has 0 spiro atoms. The quantitative estimate of drug-likeness (QED) is 0.765. The van der Waals surface area contributed by atoms with E-state index in [2.05, 4.69) is 0 Å². The molecule has 0 unspecified atom stereocenters. The maximum absolute atomic E-state index is 11.4. The molecule has 0 aliphatic rings. The van der Waals surface area contributed by atoms with Crippen molar-refractivity contribution in [3.63, 3.8) is 0 Å². The van der Waals surface area contributed by atoms with Gasteiger partial charge >= 0.3 is 0 Å². The fourth-order valence-corrected chi connectivity index (χ4v) is 1.96. The van der Waals surface area contributed by atoms with Gasteiger partial charge in [0.15, 0.2) is 9.84 Å². The third-order valence-electron chi connectivity index (χ3n) is 1.52. The molecule has 0 saturated carbocycles. The molecule has 0 saturated heterocycles. The first-order chi connectivity index (χ1) is 6.79. The maximum atomic E-state index is 11.4. The first-order valence-corrected chi connectivity index (χ1v) is 6.55. The molecule has 6 heteroatoms. The van der Waals surface area contributed by atoms with Crippen LogP contribution in [0, 0.1) is 0 Å². The van der Waals surface area contributed by atoms with E-state index in [1.165, 1.54) is 18.2 Å². The van der Waals surface area contributed by atoms with Crippen molar-refractivity contribution in [3.05, 3.63) is 39.2 Å². The van der Waals surface area contributed by atoms with E-state index in [1.54, 1.807) is 0 Å². The molecule has 0 aliphatic heterocycles. The molecular formula is C9H7Cl2O3S-. The summed E-state index contributed by atoms with van der Waals surface area (Å²) in [6.45, 7) is 0. The first-order valence-electron chi connectivity index (χ1n) is 3.84. The Hall–Kier alpha value is -0.710. The Morgan fingerprint density at radius 2 is 2.00 bits per heavy atom. The average Bonchev–Trinajstić information content (AvgIpc) is 1.99. The van der Waals surface area contributed by atoms with Crippen LogP contribution in [-0.4, -0.2) is 14.7 Å². The van der Waals surface area contributed by atoms with E-state index in [1.807, 2.05) is 0 Å². The zero-order chi connectivity index (χ0) is 11.6. The van der Waals surface area contributed by atoms with Crippen molar-refractivity contribution < 1.29 is 13.5 Å². The summed E-state index contributed by atoms with van der Waals surface area (Å²) in [7, 11) is -3.46. The predicted molar refractivity (Wildman–Crippen MR) is 59.3 cm³/mol. The van der Waals surface area contributed by atoms with Crippen LogP contribution in [0.1, 0.15) is 5.56 Å². The summed E-state index contributed by atoms with van der Waals surface area (Å²) in [5.74, 6) is -0.654. The van der Waals surface area contributed by atoms with Gasteiger partial charge in [-0.15, -0.1) is 0 Å². The van der Waals surface area contributed by atoms with Gasteiger partial charge in [0.25, 0.3) is 0 Å². The number of halogens is 2. The summed E-state index contributed by atoms with van der Waals surface area (Å²) >= 11 is 11.4. The third kappa shape index (κ3) is 3.74. The predicted octanol–water partition coefficient (Wildman–Crippen LogP) is 1.70. The molecule has 0 atom stereocenters. The molecule has 0 radical (unpaired) electrons. The van der Waals surface area contributed by atoms with E-state index in [0.29, 0.717) is 10.4 Å². The standard InChI is InChI=1S/C9H8Cl2O3S/c1-15(13,14)5-9(12)7-3-2-6(10)4-8(7)11/h2-5,12H,1H3/p-1/b9-5-. The van der Waals surface area contributed by atoms with Crippen molar-refractivity contribution in [1.29, 1.82) is 0 Å². The van der Waals surface area contributed by atoms with E-state index in [0.717, 1.165) is 6.26 Å². The molecule has 0 amide bonds. The molecule has 0 N–H and O–H groups in total. The van der Waals surface area contributed by atoms with Crippen LogP contribution in [0.25, 0.3) is 5.76 Å². The minimum Gasteiger partial charge on any atom is -0.872 e. The zero-order valence-electron chi connectivity index (χ0n) is 7.70. The Morgan fingerprint density at radius 3 is 2.47 bits per heavy atom. The summed E-state index contributed by atoms with van der Waals surface area (Å²) in [4.78, 5) is 0. The highest BCUT2D eigenvalue weighted by Gasteiger charge is 2.02. The Morgan fingerprint density at radius 1 is 1.40 bits per heavy atom. The number of benzene rings is 1. The average molecular weight is 266 g/mol. The minimum absolute atomic E-state index is 0.117. The van der Waals surface area contributed by atoms with Gasteiger partial charge in [-0.2, -0.15) is 0 Å². The Kier molecular flexibility index (Phi) is 3.65. The van der Waals surface area contributed by atoms with Crippen LogP contribution in [0.5, 0.6) is 0 Å². The molecular weight excluding hydrogens is 259 g/mol. The second-order valence-corrected chi connectivity index (χ2v) is 5.67. The van der Waals surface area contributed by atoms with Gasteiger partial charge in [-0.1, -0.05) is 35.0 Å². The number of sulfone groups is 1. The van der Waals surface area contributed by atoms with Crippen LogP contribution < -0.4 is 5.11 Å². The van der Waals surface area contributed by atoms with Crippen LogP contribution in [-0.2, 0) is 9.84 Å². The highest BCUT2D eigenvalue weighted by Crippen LogP contribution is 2.24. The van der Waals surface area contributed by atoms with Gasteiger partial charge in [0.05, 0.1) is 0 Å². The van der Waals surface area contributed by atoms with Crippen molar-refractivity contribution >= 4 is 38.8 Å². The molecule has 0 fully saturated rings. The fourth-order valence-electron chi connectivity index (χ4n) is 0.947. The minimum atomic E-state index is -3.46. The van der Waals surface area contributed by atoms with Crippen molar-refractivity contribution in [2.24, 2.45) is 0 Å². The van der Waals surface area contributed by atoms with Crippen LogP contribution in [0.3, 0.4) is 0 Å². The van der Waals surface area contributed by atoms with Crippen LogP contribution in [0.2, 0.25) is 10.0 Å². The molecule has 0 aromatic heterocycles. The third-order valence-corrected chi connectivity index (χ3v) is 2.71. The van der Waals surface area contributed by atoms with Gasteiger partial charge in [0, 0.05) is 21.7 Å². The van der Waals surface area contributed by atoms with Crippen molar-refractivity contribution in [2.75, 3.05) is 6.26 Å². The fraction of sp³-hybridized carbons (Fsp3) is 0.111. The highest BCUT2D eigenvalue weighted by atomic mass is 35.5. The monoisotopic (exact) mass is 265 g/mol. The van der Waals surface area contributed by atoms with Crippen molar-refractivity contribution in [2.45, 2.75) is 0 Å². The lowest BCUT2D eigenvalue weighted by molar-refractivity contribution is -0.243. The lowest BCUT2D eigenvalue weighted by atomic mass is 10.2. The Balaban J connectivity index is 3.24. The van der Waals surface area contributed by atoms with E-state index in [9.17, 15) is 13.5 Å². The van der Waals surface area contributed by atoms with Gasteiger partial charge in [0.1, 0.15) is 0 Å². The topological polar surface area (TPSA) is 57.2 Å².